The molecule has 0 radical (unpaired) electrons. The molecule has 0 aliphatic carbocycles. The number of nitrogens with zero attached hydrogens (tertiary/aromatic N) is 2. The SMILES string of the molecule is CCC(Oc1ccccc1C(C)CC)C(=O)N1CCN(C(=O)C(CC)Oc2ccccc2C(C)CC)CC1. The van der Waals surface area contributed by atoms with Crippen LogP contribution in [0, 0.1) is 0 Å². The van der Waals surface area contributed by atoms with Crippen molar-refractivity contribution in [3.8, 4) is 11.5 Å². The van der Waals surface area contributed by atoms with E-state index in [1.807, 2.05) is 60.0 Å². The molecule has 1 aliphatic rings. The Morgan fingerprint density at radius 3 is 1.29 bits per heavy atom. The van der Waals surface area contributed by atoms with Crippen LogP contribution in [0.25, 0.3) is 0 Å². The van der Waals surface area contributed by atoms with E-state index in [0.29, 0.717) is 50.9 Å². The average Bonchev–Trinajstić information content (AvgIpc) is 2.97. The Balaban J connectivity index is 1.61. The second-order valence-corrected chi connectivity index (χ2v) is 10.4. The lowest BCUT2D eigenvalue weighted by atomic mass is 9.97. The van der Waals surface area contributed by atoms with Crippen molar-refractivity contribution in [2.75, 3.05) is 26.2 Å². The van der Waals surface area contributed by atoms with E-state index < -0.39 is 12.2 Å². The Bertz CT molecular complexity index is 964. The summed E-state index contributed by atoms with van der Waals surface area (Å²) in [7, 11) is 0. The zero-order valence-electron chi connectivity index (χ0n) is 24.1. The van der Waals surface area contributed by atoms with Crippen LogP contribution >= 0.6 is 0 Å². The van der Waals surface area contributed by atoms with Gasteiger partial charge in [-0.05, 0) is 60.8 Å². The normalized spacial score (nSPS) is 16.9. The van der Waals surface area contributed by atoms with Crippen LogP contribution in [-0.2, 0) is 9.59 Å². The van der Waals surface area contributed by atoms with Gasteiger partial charge in [-0.25, -0.2) is 0 Å². The molecule has 1 fully saturated rings. The number of hydrogen-bond acceptors (Lipinski definition) is 4. The molecule has 6 heteroatoms. The zero-order chi connectivity index (χ0) is 27.7. The minimum absolute atomic E-state index is 0.00988. The van der Waals surface area contributed by atoms with E-state index in [-0.39, 0.29) is 11.8 Å². The number of carbonyl (C=O) groups is 2. The van der Waals surface area contributed by atoms with Crippen molar-refractivity contribution in [3.05, 3.63) is 59.7 Å². The second-order valence-electron chi connectivity index (χ2n) is 10.4. The molecule has 1 aliphatic heterocycles. The van der Waals surface area contributed by atoms with Gasteiger partial charge in [0, 0.05) is 26.2 Å². The Morgan fingerprint density at radius 1 is 0.632 bits per heavy atom. The third-order valence-electron chi connectivity index (χ3n) is 7.86. The molecule has 4 atom stereocenters. The highest BCUT2D eigenvalue weighted by Gasteiger charge is 2.32. The van der Waals surface area contributed by atoms with Crippen LogP contribution in [0.1, 0.15) is 90.2 Å². The van der Waals surface area contributed by atoms with E-state index in [1.165, 1.54) is 0 Å². The van der Waals surface area contributed by atoms with Gasteiger partial charge in [0.1, 0.15) is 11.5 Å². The number of amides is 2. The van der Waals surface area contributed by atoms with Crippen molar-refractivity contribution in [1.29, 1.82) is 0 Å². The molecule has 4 unspecified atom stereocenters. The molecule has 1 saturated heterocycles. The zero-order valence-corrected chi connectivity index (χ0v) is 24.1. The number of rotatable bonds is 12. The quantitative estimate of drug-likeness (QED) is 0.324. The molecule has 2 aromatic rings. The summed E-state index contributed by atoms with van der Waals surface area (Å²) in [5.41, 5.74) is 2.27. The molecule has 0 bridgehead atoms. The van der Waals surface area contributed by atoms with Gasteiger partial charge in [-0.1, -0.05) is 77.9 Å². The van der Waals surface area contributed by atoms with Gasteiger partial charge in [0.2, 0.25) is 0 Å². The lowest BCUT2D eigenvalue weighted by Crippen LogP contribution is -2.55. The van der Waals surface area contributed by atoms with Crippen LogP contribution in [0.4, 0.5) is 0 Å². The number of benzene rings is 2. The summed E-state index contributed by atoms with van der Waals surface area (Å²) in [6.07, 6.45) is 2.12. The van der Waals surface area contributed by atoms with E-state index in [2.05, 4.69) is 39.8 Å². The van der Waals surface area contributed by atoms with Gasteiger partial charge in [-0.15, -0.1) is 0 Å². The molecule has 38 heavy (non-hydrogen) atoms. The molecule has 2 amide bonds. The van der Waals surface area contributed by atoms with E-state index in [4.69, 9.17) is 9.47 Å². The first kappa shape index (κ1) is 29.5. The highest BCUT2D eigenvalue weighted by molar-refractivity contribution is 5.83. The molecule has 0 aromatic heterocycles. The highest BCUT2D eigenvalue weighted by atomic mass is 16.5. The van der Waals surface area contributed by atoms with Crippen molar-refractivity contribution in [3.63, 3.8) is 0 Å². The highest BCUT2D eigenvalue weighted by Crippen LogP contribution is 2.31. The third-order valence-corrected chi connectivity index (χ3v) is 7.86. The number of para-hydroxylation sites is 2. The predicted molar refractivity (Wildman–Crippen MR) is 153 cm³/mol. The van der Waals surface area contributed by atoms with Crippen LogP contribution in [-0.4, -0.2) is 60.0 Å². The fraction of sp³-hybridized carbons (Fsp3) is 0.562. The molecular weight excluding hydrogens is 476 g/mol. The van der Waals surface area contributed by atoms with Crippen molar-refractivity contribution in [2.45, 2.75) is 91.3 Å². The Labute approximate surface area is 229 Å². The van der Waals surface area contributed by atoms with E-state index >= 15 is 0 Å². The summed E-state index contributed by atoms with van der Waals surface area (Å²) in [5, 5.41) is 0. The predicted octanol–water partition coefficient (Wildman–Crippen LogP) is 6.40. The van der Waals surface area contributed by atoms with Gasteiger partial charge in [0.25, 0.3) is 11.8 Å². The molecule has 0 spiro atoms. The van der Waals surface area contributed by atoms with Gasteiger partial charge < -0.3 is 19.3 Å². The largest absolute Gasteiger partial charge is 0.480 e. The van der Waals surface area contributed by atoms with Gasteiger partial charge >= 0.3 is 0 Å². The fourth-order valence-corrected chi connectivity index (χ4v) is 4.91. The lowest BCUT2D eigenvalue weighted by Gasteiger charge is -2.37. The molecule has 1 heterocycles. The third kappa shape index (κ3) is 7.09. The maximum atomic E-state index is 13.4. The smallest absolute Gasteiger partial charge is 0.263 e. The average molecular weight is 523 g/mol. The van der Waals surface area contributed by atoms with Crippen molar-refractivity contribution in [1.82, 2.24) is 9.80 Å². The van der Waals surface area contributed by atoms with Crippen LogP contribution in [0.3, 0.4) is 0 Å². The van der Waals surface area contributed by atoms with E-state index in [1.54, 1.807) is 0 Å². The Hall–Kier alpha value is -3.02. The summed E-state index contributed by atoms with van der Waals surface area (Å²) >= 11 is 0. The van der Waals surface area contributed by atoms with Crippen molar-refractivity contribution >= 4 is 11.8 Å². The first-order valence-electron chi connectivity index (χ1n) is 14.4. The lowest BCUT2D eigenvalue weighted by molar-refractivity contribution is -0.147. The standard InChI is InChI=1S/C32H46N2O4/c1-7-23(5)25-15-11-13-17-29(25)37-27(9-3)31(35)33-19-21-34(22-20-33)32(36)28(10-4)38-30-18-14-12-16-26(30)24(6)8-2/h11-18,23-24,27-28H,7-10,19-22H2,1-6H3. The monoisotopic (exact) mass is 522 g/mol. The van der Waals surface area contributed by atoms with Crippen LogP contribution in [0.15, 0.2) is 48.5 Å². The molecule has 0 saturated carbocycles. The maximum absolute atomic E-state index is 13.4. The number of hydrogen-bond donors (Lipinski definition) is 0. The molecule has 6 nitrogen and oxygen atoms in total. The van der Waals surface area contributed by atoms with Gasteiger partial charge in [0.05, 0.1) is 0 Å². The van der Waals surface area contributed by atoms with E-state index in [9.17, 15) is 9.59 Å². The minimum Gasteiger partial charge on any atom is -0.480 e. The molecule has 3 rings (SSSR count). The number of carbonyl (C=O) groups excluding carboxylic acids is 2. The number of ether oxygens (including phenoxy) is 2. The summed E-state index contributed by atoms with van der Waals surface area (Å²) in [6, 6.07) is 16.0. The first-order valence-corrected chi connectivity index (χ1v) is 14.4. The molecule has 0 N–H and O–H groups in total. The number of piperazine rings is 1. The minimum atomic E-state index is -0.536. The summed E-state index contributed by atoms with van der Waals surface area (Å²) in [4.78, 5) is 30.5. The second kappa shape index (κ2) is 14.2. The van der Waals surface area contributed by atoms with Crippen molar-refractivity contribution in [2.24, 2.45) is 0 Å². The topological polar surface area (TPSA) is 59.1 Å². The van der Waals surface area contributed by atoms with Crippen LogP contribution < -0.4 is 9.47 Å². The summed E-state index contributed by atoms with van der Waals surface area (Å²) in [5.74, 6) is 2.28. The van der Waals surface area contributed by atoms with Crippen molar-refractivity contribution < 1.29 is 19.1 Å². The molecular formula is C32H46N2O4. The van der Waals surface area contributed by atoms with Gasteiger partial charge in [0.15, 0.2) is 12.2 Å². The van der Waals surface area contributed by atoms with Crippen LogP contribution in [0.5, 0.6) is 11.5 Å². The van der Waals surface area contributed by atoms with Crippen LogP contribution in [0.2, 0.25) is 0 Å². The Kier molecular flexibility index (Phi) is 11.1. The van der Waals surface area contributed by atoms with E-state index in [0.717, 1.165) is 35.5 Å². The Morgan fingerprint density at radius 2 is 0.974 bits per heavy atom. The first-order chi connectivity index (χ1) is 18.3. The maximum Gasteiger partial charge on any atom is 0.263 e. The van der Waals surface area contributed by atoms with Gasteiger partial charge in [-0.2, -0.15) is 0 Å². The summed E-state index contributed by atoms with van der Waals surface area (Å²) in [6.45, 7) is 14.6. The summed E-state index contributed by atoms with van der Waals surface area (Å²) < 4.78 is 12.6. The van der Waals surface area contributed by atoms with Gasteiger partial charge in [-0.3, -0.25) is 9.59 Å². The molecule has 2 aromatic carbocycles. The molecule has 208 valence electrons. The fourth-order valence-electron chi connectivity index (χ4n) is 4.91.